The minimum atomic E-state index is -0.493. The first kappa shape index (κ1) is 17.5. The standard InChI is InChI=1S/C21H22N4O2/c1-13-22-9-15(10-23-13)14-4-7-18-19(8-14)25(20(27)21(18,2)3)17-6-5-16(12-26)24-11-17/h4-6,8-11,18,26H,7,12H2,1-3H3. The van der Waals surface area contributed by atoms with Gasteiger partial charge in [0.2, 0.25) is 5.91 Å². The van der Waals surface area contributed by atoms with Crippen molar-refractivity contribution in [2.75, 3.05) is 4.90 Å². The molecule has 2 aromatic heterocycles. The SMILES string of the molecule is Cc1ncc(C2=CCC3C(=C2)N(c2ccc(CO)nc2)C(=O)C3(C)C)cn1. The Hall–Kier alpha value is -2.86. The molecule has 3 heterocycles. The number of allylic oxidation sites excluding steroid dienone is 4. The van der Waals surface area contributed by atoms with Gasteiger partial charge in [0.1, 0.15) is 5.82 Å². The molecule has 1 aliphatic heterocycles. The molecule has 0 saturated carbocycles. The maximum atomic E-state index is 13.2. The lowest BCUT2D eigenvalue weighted by Crippen LogP contribution is -2.31. The van der Waals surface area contributed by atoms with E-state index in [1.165, 1.54) is 0 Å². The van der Waals surface area contributed by atoms with Gasteiger partial charge < -0.3 is 5.11 Å². The summed E-state index contributed by atoms with van der Waals surface area (Å²) in [6.45, 7) is 5.73. The Labute approximate surface area is 158 Å². The van der Waals surface area contributed by atoms with E-state index in [4.69, 9.17) is 0 Å². The van der Waals surface area contributed by atoms with Gasteiger partial charge in [-0.2, -0.15) is 0 Å². The Bertz CT molecular complexity index is 943. The molecule has 0 spiro atoms. The summed E-state index contributed by atoms with van der Waals surface area (Å²) in [6, 6.07) is 3.58. The number of aliphatic hydroxyl groups is 1. The average Bonchev–Trinajstić information content (AvgIpc) is 2.88. The monoisotopic (exact) mass is 362 g/mol. The highest BCUT2D eigenvalue weighted by molar-refractivity contribution is 6.04. The van der Waals surface area contributed by atoms with E-state index in [2.05, 4.69) is 27.1 Å². The quantitative estimate of drug-likeness (QED) is 0.908. The van der Waals surface area contributed by atoms with E-state index in [0.29, 0.717) is 5.69 Å². The lowest BCUT2D eigenvalue weighted by atomic mass is 9.75. The van der Waals surface area contributed by atoms with Gasteiger partial charge in [-0.05, 0) is 37.1 Å². The predicted molar refractivity (Wildman–Crippen MR) is 102 cm³/mol. The molecule has 0 bridgehead atoms. The van der Waals surface area contributed by atoms with Crippen LogP contribution in [0.5, 0.6) is 0 Å². The van der Waals surface area contributed by atoms with Crippen molar-refractivity contribution in [3.63, 3.8) is 0 Å². The van der Waals surface area contributed by atoms with Crippen molar-refractivity contribution in [3.8, 4) is 0 Å². The smallest absolute Gasteiger partial charge is 0.237 e. The summed E-state index contributed by atoms with van der Waals surface area (Å²) in [4.78, 5) is 27.8. The van der Waals surface area contributed by atoms with E-state index in [0.717, 1.165) is 34.8 Å². The Morgan fingerprint density at radius 2 is 1.93 bits per heavy atom. The summed E-state index contributed by atoms with van der Waals surface area (Å²) >= 11 is 0. The van der Waals surface area contributed by atoms with Crippen LogP contribution in [0.3, 0.4) is 0 Å². The molecule has 1 fully saturated rings. The van der Waals surface area contributed by atoms with Crippen LogP contribution < -0.4 is 4.90 Å². The molecule has 6 nitrogen and oxygen atoms in total. The van der Waals surface area contributed by atoms with Crippen LogP contribution >= 0.6 is 0 Å². The second kappa shape index (κ2) is 6.39. The van der Waals surface area contributed by atoms with Crippen LogP contribution in [-0.4, -0.2) is 26.0 Å². The number of hydrogen-bond donors (Lipinski definition) is 1. The number of amides is 1. The third-order valence-corrected chi connectivity index (χ3v) is 5.46. The Balaban J connectivity index is 1.77. The first-order chi connectivity index (χ1) is 12.9. The van der Waals surface area contributed by atoms with Crippen molar-refractivity contribution in [3.05, 3.63) is 65.7 Å². The molecule has 1 unspecified atom stereocenters. The maximum Gasteiger partial charge on any atom is 0.237 e. The van der Waals surface area contributed by atoms with Gasteiger partial charge in [0, 0.05) is 29.6 Å². The van der Waals surface area contributed by atoms with Crippen molar-refractivity contribution in [1.29, 1.82) is 0 Å². The third-order valence-electron chi connectivity index (χ3n) is 5.46. The van der Waals surface area contributed by atoms with Crippen LogP contribution in [0.15, 0.2) is 48.6 Å². The second-order valence-corrected chi connectivity index (χ2v) is 7.56. The molecule has 4 rings (SSSR count). The van der Waals surface area contributed by atoms with Gasteiger partial charge in [-0.1, -0.05) is 19.9 Å². The predicted octanol–water partition coefficient (Wildman–Crippen LogP) is 3.03. The van der Waals surface area contributed by atoms with Gasteiger partial charge in [-0.15, -0.1) is 0 Å². The number of carbonyl (C=O) groups excluding carboxylic acids is 1. The van der Waals surface area contributed by atoms with E-state index >= 15 is 0 Å². The molecule has 1 amide bonds. The fourth-order valence-electron chi connectivity index (χ4n) is 3.78. The van der Waals surface area contributed by atoms with E-state index in [9.17, 15) is 9.90 Å². The molecule has 1 atom stereocenters. The largest absolute Gasteiger partial charge is 0.390 e. The molecule has 2 aliphatic rings. The molecule has 0 aromatic carbocycles. The molecule has 1 N–H and O–H groups in total. The highest BCUT2D eigenvalue weighted by Gasteiger charge is 2.51. The summed E-state index contributed by atoms with van der Waals surface area (Å²) < 4.78 is 0. The summed E-state index contributed by atoms with van der Waals surface area (Å²) in [6.07, 6.45) is 10.3. The minimum Gasteiger partial charge on any atom is -0.390 e. The molecule has 27 heavy (non-hydrogen) atoms. The topological polar surface area (TPSA) is 79.2 Å². The number of aliphatic hydroxyl groups excluding tert-OH is 1. The number of aryl methyl sites for hydroxylation is 1. The van der Waals surface area contributed by atoms with Gasteiger partial charge >= 0.3 is 0 Å². The Kier molecular flexibility index (Phi) is 4.15. The Morgan fingerprint density at radius 1 is 1.19 bits per heavy atom. The molecular weight excluding hydrogens is 340 g/mol. The van der Waals surface area contributed by atoms with Crippen LogP contribution in [0.25, 0.3) is 5.57 Å². The fraction of sp³-hybridized carbons (Fsp3) is 0.333. The molecule has 6 heteroatoms. The molecule has 2 aromatic rings. The highest BCUT2D eigenvalue weighted by atomic mass is 16.3. The minimum absolute atomic E-state index is 0.0621. The lowest BCUT2D eigenvalue weighted by Gasteiger charge is -2.26. The molecule has 0 radical (unpaired) electrons. The van der Waals surface area contributed by atoms with Crippen molar-refractivity contribution >= 4 is 17.2 Å². The van der Waals surface area contributed by atoms with Crippen molar-refractivity contribution in [1.82, 2.24) is 15.0 Å². The number of rotatable bonds is 3. The van der Waals surface area contributed by atoms with Crippen LogP contribution in [0.4, 0.5) is 5.69 Å². The van der Waals surface area contributed by atoms with Gasteiger partial charge in [0.25, 0.3) is 0 Å². The van der Waals surface area contributed by atoms with Gasteiger partial charge in [-0.3, -0.25) is 14.7 Å². The normalized spacial score (nSPS) is 21.0. The average molecular weight is 362 g/mol. The van der Waals surface area contributed by atoms with Crippen molar-refractivity contribution in [2.45, 2.75) is 33.8 Å². The van der Waals surface area contributed by atoms with E-state index in [1.807, 2.05) is 39.2 Å². The zero-order valence-electron chi connectivity index (χ0n) is 15.7. The summed E-state index contributed by atoms with van der Waals surface area (Å²) in [7, 11) is 0. The summed E-state index contributed by atoms with van der Waals surface area (Å²) in [5.41, 5.74) is 3.75. The first-order valence-electron chi connectivity index (χ1n) is 9.03. The van der Waals surface area contributed by atoms with E-state index in [1.54, 1.807) is 17.2 Å². The highest BCUT2D eigenvalue weighted by Crippen LogP contribution is 2.50. The van der Waals surface area contributed by atoms with Crippen LogP contribution in [0.2, 0.25) is 0 Å². The van der Waals surface area contributed by atoms with Gasteiger partial charge in [0.05, 0.1) is 29.6 Å². The maximum absolute atomic E-state index is 13.2. The lowest BCUT2D eigenvalue weighted by molar-refractivity contribution is -0.125. The number of carbonyl (C=O) groups is 1. The molecule has 1 saturated heterocycles. The molecule has 1 aliphatic carbocycles. The zero-order chi connectivity index (χ0) is 19.2. The van der Waals surface area contributed by atoms with E-state index < -0.39 is 5.41 Å². The number of aromatic nitrogens is 3. The number of pyridine rings is 1. The number of nitrogens with zero attached hydrogens (tertiary/aromatic N) is 4. The van der Waals surface area contributed by atoms with Crippen LogP contribution in [0, 0.1) is 18.3 Å². The first-order valence-corrected chi connectivity index (χ1v) is 9.03. The number of hydrogen-bond acceptors (Lipinski definition) is 5. The van der Waals surface area contributed by atoms with Crippen LogP contribution in [0.1, 0.15) is 37.4 Å². The second-order valence-electron chi connectivity index (χ2n) is 7.56. The fourth-order valence-corrected chi connectivity index (χ4v) is 3.78. The van der Waals surface area contributed by atoms with Crippen LogP contribution in [-0.2, 0) is 11.4 Å². The van der Waals surface area contributed by atoms with E-state index in [-0.39, 0.29) is 18.4 Å². The summed E-state index contributed by atoms with van der Waals surface area (Å²) in [5, 5.41) is 9.22. The zero-order valence-corrected chi connectivity index (χ0v) is 15.7. The molecular formula is C21H22N4O2. The number of anilines is 1. The Morgan fingerprint density at radius 3 is 2.56 bits per heavy atom. The van der Waals surface area contributed by atoms with Gasteiger partial charge in [0.15, 0.2) is 0 Å². The van der Waals surface area contributed by atoms with Crippen molar-refractivity contribution in [2.24, 2.45) is 11.3 Å². The van der Waals surface area contributed by atoms with Gasteiger partial charge in [-0.25, -0.2) is 9.97 Å². The summed E-state index contributed by atoms with van der Waals surface area (Å²) in [5.74, 6) is 0.902. The third kappa shape index (κ3) is 2.86. The molecule has 138 valence electrons. The number of fused-ring (bicyclic) bond motifs is 1. The van der Waals surface area contributed by atoms with Crippen molar-refractivity contribution < 1.29 is 9.90 Å².